The fraction of sp³-hybridized carbons (Fsp3) is 0.647. The molecule has 1 aliphatic heterocycles. The van der Waals surface area contributed by atoms with Crippen molar-refractivity contribution in [1.82, 2.24) is 14.8 Å². The molecule has 2 rings (SSSR count). The van der Waals surface area contributed by atoms with Crippen LogP contribution in [-0.2, 0) is 0 Å². The van der Waals surface area contributed by atoms with Crippen LogP contribution in [0.2, 0.25) is 0 Å². The molecule has 1 aromatic heterocycles. The van der Waals surface area contributed by atoms with Gasteiger partial charge < -0.3 is 10.0 Å². The van der Waals surface area contributed by atoms with Gasteiger partial charge in [-0.1, -0.05) is 20.8 Å². The van der Waals surface area contributed by atoms with Crippen LogP contribution in [0.4, 0.5) is 0 Å². The van der Waals surface area contributed by atoms with Crippen LogP contribution in [0, 0.1) is 0 Å². The maximum absolute atomic E-state index is 12.5. The van der Waals surface area contributed by atoms with Crippen molar-refractivity contribution in [3.63, 3.8) is 0 Å². The monoisotopic (exact) mass is 305 g/mol. The van der Waals surface area contributed by atoms with E-state index in [9.17, 15) is 9.90 Å². The minimum atomic E-state index is 0.0551. The summed E-state index contributed by atoms with van der Waals surface area (Å²) in [6.07, 6.45) is 2.62. The molecular formula is C17H27N3O2. The normalized spacial score (nSPS) is 17.8. The highest BCUT2D eigenvalue weighted by Crippen LogP contribution is 2.14. The average Bonchev–Trinajstić information content (AvgIpc) is 2.56. The van der Waals surface area contributed by atoms with Crippen LogP contribution in [0.25, 0.3) is 0 Å². The number of carbonyl (C=O) groups excluding carboxylic acids is 1. The van der Waals surface area contributed by atoms with E-state index in [4.69, 9.17) is 0 Å². The minimum absolute atomic E-state index is 0.0551. The van der Waals surface area contributed by atoms with Crippen LogP contribution >= 0.6 is 0 Å². The van der Waals surface area contributed by atoms with E-state index >= 15 is 0 Å². The lowest BCUT2D eigenvalue weighted by Gasteiger charge is -2.38. The Bertz CT molecular complexity index is 475. The van der Waals surface area contributed by atoms with Gasteiger partial charge in [-0.05, 0) is 24.5 Å². The van der Waals surface area contributed by atoms with Crippen molar-refractivity contribution in [3.8, 4) is 0 Å². The molecule has 1 saturated heterocycles. The second kappa shape index (κ2) is 7.70. The highest BCUT2D eigenvalue weighted by atomic mass is 16.3. The minimum Gasteiger partial charge on any atom is -0.395 e. The van der Waals surface area contributed by atoms with Crippen molar-refractivity contribution < 1.29 is 9.90 Å². The Kier molecular flexibility index (Phi) is 5.91. The first-order chi connectivity index (χ1) is 10.6. The molecule has 1 N–H and O–H groups in total. The number of hydrogen-bond donors (Lipinski definition) is 1. The lowest BCUT2D eigenvalue weighted by molar-refractivity contribution is 0.0472. The smallest absolute Gasteiger partial charge is 0.255 e. The second-order valence-corrected chi connectivity index (χ2v) is 6.20. The van der Waals surface area contributed by atoms with Gasteiger partial charge in [0, 0.05) is 44.1 Å². The van der Waals surface area contributed by atoms with Gasteiger partial charge in [-0.15, -0.1) is 0 Å². The van der Waals surface area contributed by atoms with E-state index in [0.717, 1.165) is 25.2 Å². The number of aromatic nitrogens is 1. The Hall–Kier alpha value is -1.46. The van der Waals surface area contributed by atoms with Crippen LogP contribution in [0.3, 0.4) is 0 Å². The molecule has 1 aliphatic rings. The average molecular weight is 305 g/mol. The first kappa shape index (κ1) is 16.9. The molecule has 0 bridgehead atoms. The number of aliphatic hydroxyl groups is 1. The lowest BCUT2D eigenvalue weighted by atomic mass is 10.1. The van der Waals surface area contributed by atoms with Crippen molar-refractivity contribution in [1.29, 1.82) is 0 Å². The SMILES string of the molecule is CCC(CO)N1CCN(C(=O)c2ccc(C(C)C)nc2)CC1. The number of pyridine rings is 1. The van der Waals surface area contributed by atoms with Gasteiger partial charge in [-0.2, -0.15) is 0 Å². The van der Waals surface area contributed by atoms with E-state index < -0.39 is 0 Å². The van der Waals surface area contributed by atoms with E-state index in [1.807, 2.05) is 17.0 Å². The van der Waals surface area contributed by atoms with Crippen LogP contribution in [-0.4, -0.2) is 64.6 Å². The van der Waals surface area contributed by atoms with Crippen LogP contribution in [0.5, 0.6) is 0 Å². The molecule has 1 aromatic rings. The molecule has 1 atom stereocenters. The molecular weight excluding hydrogens is 278 g/mol. The van der Waals surface area contributed by atoms with Crippen LogP contribution in [0.15, 0.2) is 18.3 Å². The Morgan fingerprint density at radius 3 is 2.41 bits per heavy atom. The molecule has 22 heavy (non-hydrogen) atoms. The summed E-state index contributed by atoms with van der Waals surface area (Å²) >= 11 is 0. The third-order valence-electron chi connectivity index (χ3n) is 4.42. The van der Waals surface area contributed by atoms with Gasteiger partial charge in [-0.3, -0.25) is 14.7 Å². The predicted molar refractivity (Wildman–Crippen MR) is 87.0 cm³/mol. The molecule has 122 valence electrons. The van der Waals surface area contributed by atoms with E-state index in [1.54, 1.807) is 6.20 Å². The quantitative estimate of drug-likeness (QED) is 0.900. The third-order valence-corrected chi connectivity index (χ3v) is 4.42. The topological polar surface area (TPSA) is 56.7 Å². The van der Waals surface area contributed by atoms with Gasteiger partial charge in [0.05, 0.1) is 12.2 Å². The maximum atomic E-state index is 12.5. The molecule has 2 heterocycles. The van der Waals surface area contributed by atoms with E-state index in [-0.39, 0.29) is 18.6 Å². The Labute approximate surface area is 132 Å². The Morgan fingerprint density at radius 1 is 1.27 bits per heavy atom. The fourth-order valence-corrected chi connectivity index (χ4v) is 2.85. The van der Waals surface area contributed by atoms with Gasteiger partial charge in [-0.25, -0.2) is 0 Å². The molecule has 0 aliphatic carbocycles. The van der Waals surface area contributed by atoms with Crippen molar-refractivity contribution >= 4 is 5.91 Å². The maximum Gasteiger partial charge on any atom is 0.255 e. The van der Waals surface area contributed by atoms with Gasteiger partial charge in [0.25, 0.3) is 5.91 Å². The lowest BCUT2D eigenvalue weighted by Crippen LogP contribution is -2.52. The first-order valence-corrected chi connectivity index (χ1v) is 8.17. The summed E-state index contributed by atoms with van der Waals surface area (Å²) in [5, 5.41) is 9.37. The van der Waals surface area contributed by atoms with Gasteiger partial charge in [0.15, 0.2) is 0 Å². The number of hydrogen-bond acceptors (Lipinski definition) is 4. The van der Waals surface area contributed by atoms with Crippen molar-refractivity contribution in [2.45, 2.75) is 39.2 Å². The number of nitrogens with zero attached hydrogens (tertiary/aromatic N) is 3. The Balaban J connectivity index is 1.94. The molecule has 1 fully saturated rings. The van der Waals surface area contributed by atoms with Crippen molar-refractivity contribution in [2.24, 2.45) is 0 Å². The van der Waals surface area contributed by atoms with Crippen LogP contribution in [0.1, 0.15) is 49.2 Å². The van der Waals surface area contributed by atoms with E-state index in [2.05, 4.69) is 30.7 Å². The van der Waals surface area contributed by atoms with E-state index in [0.29, 0.717) is 24.6 Å². The summed E-state index contributed by atoms with van der Waals surface area (Å²) in [7, 11) is 0. The van der Waals surface area contributed by atoms with Crippen molar-refractivity contribution in [2.75, 3.05) is 32.8 Å². The van der Waals surface area contributed by atoms with Gasteiger partial charge in [0.2, 0.25) is 0 Å². The number of piperazine rings is 1. The summed E-state index contributed by atoms with van der Waals surface area (Å²) in [6.45, 7) is 9.52. The molecule has 5 nitrogen and oxygen atoms in total. The second-order valence-electron chi connectivity index (χ2n) is 6.20. The molecule has 1 unspecified atom stereocenters. The highest BCUT2D eigenvalue weighted by Gasteiger charge is 2.25. The van der Waals surface area contributed by atoms with Crippen molar-refractivity contribution in [3.05, 3.63) is 29.6 Å². The molecule has 0 radical (unpaired) electrons. The standard InChI is InChI=1S/C17H27N3O2/c1-4-15(12-21)19-7-9-20(10-8-19)17(22)14-5-6-16(13(2)3)18-11-14/h5-6,11,13,15,21H,4,7-10,12H2,1-3H3. The summed E-state index contributed by atoms with van der Waals surface area (Å²) in [6, 6.07) is 4.02. The van der Waals surface area contributed by atoms with Gasteiger partial charge in [0.1, 0.15) is 0 Å². The van der Waals surface area contributed by atoms with E-state index in [1.165, 1.54) is 0 Å². The molecule has 5 heteroatoms. The fourth-order valence-electron chi connectivity index (χ4n) is 2.85. The third kappa shape index (κ3) is 3.84. The molecule has 0 spiro atoms. The summed E-state index contributed by atoms with van der Waals surface area (Å²) in [4.78, 5) is 21.0. The Morgan fingerprint density at radius 2 is 1.95 bits per heavy atom. The summed E-state index contributed by atoms with van der Waals surface area (Å²) in [5.74, 6) is 0.427. The number of carbonyl (C=O) groups is 1. The number of aliphatic hydroxyl groups excluding tert-OH is 1. The summed E-state index contributed by atoms with van der Waals surface area (Å²) in [5.41, 5.74) is 1.67. The van der Waals surface area contributed by atoms with Gasteiger partial charge >= 0.3 is 0 Å². The molecule has 0 aromatic carbocycles. The molecule has 1 amide bonds. The predicted octanol–water partition coefficient (Wildman–Crippen LogP) is 1.73. The first-order valence-electron chi connectivity index (χ1n) is 8.17. The summed E-state index contributed by atoms with van der Waals surface area (Å²) < 4.78 is 0. The zero-order valence-electron chi connectivity index (χ0n) is 13.8. The number of rotatable bonds is 5. The van der Waals surface area contributed by atoms with Crippen LogP contribution < -0.4 is 0 Å². The largest absolute Gasteiger partial charge is 0.395 e. The zero-order valence-corrected chi connectivity index (χ0v) is 13.8. The highest BCUT2D eigenvalue weighted by molar-refractivity contribution is 5.94. The zero-order chi connectivity index (χ0) is 16.1. The number of amides is 1. The molecule has 0 saturated carbocycles.